The Bertz CT molecular complexity index is 1310. The molecule has 0 radical (unpaired) electrons. The van der Waals surface area contributed by atoms with Crippen molar-refractivity contribution in [3.05, 3.63) is 68.0 Å². The molecule has 1 aliphatic heterocycles. The Labute approximate surface area is 182 Å². The van der Waals surface area contributed by atoms with Gasteiger partial charge in [0.2, 0.25) is 0 Å². The van der Waals surface area contributed by atoms with Crippen LogP contribution in [0.25, 0.3) is 10.1 Å². The number of hydrogen-bond acceptors (Lipinski definition) is 8. The number of benzene rings is 2. The second kappa shape index (κ2) is 8.08. The number of hydrogen-bond donors (Lipinski definition) is 0. The molecule has 12 heteroatoms. The quantitative estimate of drug-likeness (QED) is 0.432. The second-order valence-corrected chi connectivity index (χ2v) is 8.01. The number of non-ortho nitro benzene ring substituents is 1. The summed E-state index contributed by atoms with van der Waals surface area (Å²) in [6.45, 7) is 1.86. The molecule has 4 rings (SSSR count). The van der Waals surface area contributed by atoms with Gasteiger partial charge in [0.05, 0.1) is 27.1 Å². The maximum Gasteiger partial charge on any atom is 0.416 e. The summed E-state index contributed by atoms with van der Waals surface area (Å²) in [7, 11) is 0. The van der Waals surface area contributed by atoms with Gasteiger partial charge in [-0.25, -0.2) is 0 Å². The fourth-order valence-corrected chi connectivity index (χ4v) is 4.68. The summed E-state index contributed by atoms with van der Waals surface area (Å²) >= 11 is 0.821. The number of rotatable bonds is 3. The van der Waals surface area contributed by atoms with E-state index in [9.17, 15) is 33.3 Å². The van der Waals surface area contributed by atoms with E-state index in [4.69, 9.17) is 0 Å². The Morgan fingerprint density at radius 3 is 2.41 bits per heavy atom. The maximum atomic E-state index is 13.1. The number of alkyl halides is 3. The molecule has 0 N–H and O–H groups in total. The van der Waals surface area contributed by atoms with Crippen LogP contribution < -0.4 is 15.4 Å². The lowest BCUT2D eigenvalue weighted by Crippen LogP contribution is -2.47. The molecular formula is C20H14F3N5O3S. The number of fused-ring (bicyclic) bond motifs is 1. The number of nitro groups is 1. The highest BCUT2D eigenvalue weighted by molar-refractivity contribution is 7.22. The van der Waals surface area contributed by atoms with Gasteiger partial charge >= 0.3 is 6.18 Å². The van der Waals surface area contributed by atoms with Crippen molar-refractivity contribution in [3.8, 4) is 6.07 Å². The first kappa shape index (κ1) is 21.5. The summed E-state index contributed by atoms with van der Waals surface area (Å²) in [6.07, 6.45) is -4.83. The minimum absolute atomic E-state index is 0.143. The van der Waals surface area contributed by atoms with Crippen molar-refractivity contribution in [2.45, 2.75) is 6.18 Å². The van der Waals surface area contributed by atoms with Crippen LogP contribution in [0.5, 0.6) is 0 Å². The first-order chi connectivity index (χ1) is 15.2. The highest BCUT2D eigenvalue weighted by Crippen LogP contribution is 2.38. The molecule has 164 valence electrons. The molecule has 0 aliphatic carbocycles. The lowest BCUT2D eigenvalue weighted by Gasteiger charge is -2.36. The van der Waals surface area contributed by atoms with E-state index >= 15 is 0 Å². The highest BCUT2D eigenvalue weighted by atomic mass is 32.1. The van der Waals surface area contributed by atoms with Crippen LogP contribution in [0.2, 0.25) is 0 Å². The largest absolute Gasteiger partial charge is 0.416 e. The average Bonchev–Trinajstić information content (AvgIpc) is 2.77. The number of halogens is 3. The van der Waals surface area contributed by atoms with E-state index in [1.807, 2.05) is 17.0 Å². The van der Waals surface area contributed by atoms with E-state index in [1.54, 1.807) is 17.0 Å². The van der Waals surface area contributed by atoms with Gasteiger partial charge in [0.25, 0.3) is 11.2 Å². The predicted molar refractivity (Wildman–Crippen MR) is 113 cm³/mol. The molecule has 1 fully saturated rings. The SMILES string of the molecule is N#Cc1ccccc1N1CCN(c2nc(=O)c3cc(C(F)(F)F)cc([N+](=O)[O-])c3s2)CC1. The molecule has 0 spiro atoms. The number of para-hydroxylation sites is 1. The van der Waals surface area contributed by atoms with E-state index in [1.165, 1.54) is 0 Å². The molecule has 3 aromatic rings. The molecule has 2 heterocycles. The number of piperazine rings is 1. The third-order valence-corrected chi connectivity index (χ3v) is 6.29. The van der Waals surface area contributed by atoms with Gasteiger partial charge in [-0.2, -0.15) is 23.4 Å². The van der Waals surface area contributed by atoms with Crippen LogP contribution in [-0.2, 0) is 6.18 Å². The van der Waals surface area contributed by atoms with Gasteiger partial charge in [-0.3, -0.25) is 14.9 Å². The molecule has 2 aromatic carbocycles. The normalized spacial score (nSPS) is 14.4. The molecular weight excluding hydrogens is 447 g/mol. The molecule has 0 atom stereocenters. The highest BCUT2D eigenvalue weighted by Gasteiger charge is 2.34. The number of nitro benzene ring substituents is 1. The minimum atomic E-state index is -4.83. The van der Waals surface area contributed by atoms with E-state index in [0.717, 1.165) is 17.0 Å². The van der Waals surface area contributed by atoms with Crippen LogP contribution in [0.3, 0.4) is 0 Å². The van der Waals surface area contributed by atoms with Crippen LogP contribution >= 0.6 is 11.3 Å². The van der Waals surface area contributed by atoms with Gasteiger partial charge in [0, 0.05) is 32.2 Å². The van der Waals surface area contributed by atoms with Crippen LogP contribution in [0.15, 0.2) is 41.2 Å². The summed E-state index contributed by atoms with van der Waals surface area (Å²) in [5.74, 6) is 0. The fourth-order valence-electron chi connectivity index (χ4n) is 3.56. The van der Waals surface area contributed by atoms with E-state index < -0.39 is 33.3 Å². The molecule has 1 saturated heterocycles. The Morgan fingerprint density at radius 2 is 1.78 bits per heavy atom. The summed E-state index contributed by atoms with van der Waals surface area (Å²) in [5.41, 5.74) is -1.67. The number of aromatic nitrogens is 1. The van der Waals surface area contributed by atoms with Gasteiger partial charge in [-0.1, -0.05) is 23.5 Å². The van der Waals surface area contributed by atoms with Gasteiger partial charge in [0.1, 0.15) is 10.8 Å². The Balaban J connectivity index is 1.68. The molecule has 1 aromatic heterocycles. The van der Waals surface area contributed by atoms with Crippen LogP contribution in [0.4, 0.5) is 29.7 Å². The number of nitriles is 1. The summed E-state index contributed by atoms with van der Waals surface area (Å²) in [4.78, 5) is 30.7. The zero-order valence-corrected chi connectivity index (χ0v) is 17.1. The molecule has 0 saturated carbocycles. The Morgan fingerprint density at radius 1 is 1.12 bits per heavy atom. The van der Waals surface area contributed by atoms with E-state index in [-0.39, 0.29) is 9.83 Å². The van der Waals surface area contributed by atoms with Crippen molar-refractivity contribution in [2.75, 3.05) is 36.0 Å². The van der Waals surface area contributed by atoms with Crippen molar-refractivity contribution >= 4 is 37.9 Å². The van der Waals surface area contributed by atoms with Gasteiger partial charge < -0.3 is 9.80 Å². The maximum absolute atomic E-state index is 13.1. The first-order valence-electron chi connectivity index (χ1n) is 9.38. The third-order valence-electron chi connectivity index (χ3n) is 5.13. The minimum Gasteiger partial charge on any atom is -0.367 e. The predicted octanol–water partition coefficient (Wildman–Crippen LogP) is 3.78. The van der Waals surface area contributed by atoms with Crippen molar-refractivity contribution in [1.82, 2.24) is 4.98 Å². The summed E-state index contributed by atoms with van der Waals surface area (Å²) < 4.78 is 39.2. The molecule has 0 amide bonds. The van der Waals surface area contributed by atoms with Crippen molar-refractivity contribution in [3.63, 3.8) is 0 Å². The van der Waals surface area contributed by atoms with Crippen LogP contribution in [0.1, 0.15) is 11.1 Å². The van der Waals surface area contributed by atoms with E-state index in [2.05, 4.69) is 11.1 Å². The van der Waals surface area contributed by atoms with E-state index in [0.29, 0.717) is 43.9 Å². The Kier molecular flexibility index (Phi) is 5.43. The van der Waals surface area contributed by atoms with Gasteiger partial charge in [-0.15, -0.1) is 0 Å². The van der Waals surface area contributed by atoms with Crippen molar-refractivity contribution in [1.29, 1.82) is 5.26 Å². The zero-order chi connectivity index (χ0) is 23.0. The first-order valence-corrected chi connectivity index (χ1v) is 10.2. The number of anilines is 2. The Hall–Kier alpha value is -3.72. The van der Waals surface area contributed by atoms with Crippen LogP contribution in [-0.4, -0.2) is 36.1 Å². The molecule has 0 bridgehead atoms. The lowest BCUT2D eigenvalue weighted by atomic mass is 10.1. The van der Waals surface area contributed by atoms with Crippen molar-refractivity contribution in [2.24, 2.45) is 0 Å². The lowest BCUT2D eigenvalue weighted by molar-refractivity contribution is -0.383. The third kappa shape index (κ3) is 3.94. The van der Waals surface area contributed by atoms with Crippen molar-refractivity contribution < 1.29 is 18.1 Å². The average molecular weight is 461 g/mol. The fraction of sp³-hybridized carbons (Fsp3) is 0.250. The summed E-state index contributed by atoms with van der Waals surface area (Å²) in [5, 5.41) is 20.5. The number of nitrogens with zero attached hydrogens (tertiary/aromatic N) is 5. The molecule has 8 nitrogen and oxygen atoms in total. The molecule has 0 unspecified atom stereocenters. The zero-order valence-electron chi connectivity index (χ0n) is 16.3. The monoisotopic (exact) mass is 461 g/mol. The summed E-state index contributed by atoms with van der Waals surface area (Å²) in [6, 6.07) is 10.3. The standard InChI is InChI=1S/C20H14F3N5O3S/c21-20(22,23)13-9-14-17(16(10-13)28(30)31)32-19(25-18(14)29)27-7-5-26(6-8-27)15-4-2-1-3-12(15)11-24/h1-4,9-10H,5-8H2. The van der Waals surface area contributed by atoms with Gasteiger partial charge in [0.15, 0.2) is 5.13 Å². The molecule has 32 heavy (non-hydrogen) atoms. The molecule has 1 aliphatic rings. The van der Waals surface area contributed by atoms with Gasteiger partial charge in [-0.05, 0) is 18.2 Å². The topological polar surface area (TPSA) is 103 Å². The second-order valence-electron chi connectivity index (χ2n) is 7.03. The van der Waals surface area contributed by atoms with Crippen LogP contribution in [0, 0.1) is 21.4 Å². The smallest absolute Gasteiger partial charge is 0.367 e.